The van der Waals surface area contributed by atoms with E-state index in [0.29, 0.717) is 11.5 Å². The van der Waals surface area contributed by atoms with Gasteiger partial charge in [-0.3, -0.25) is 0 Å². The van der Waals surface area contributed by atoms with Crippen LogP contribution in [0.2, 0.25) is 0 Å². The fourth-order valence-corrected chi connectivity index (χ4v) is 4.37. The molecule has 2 aromatic carbocycles. The van der Waals surface area contributed by atoms with E-state index in [1.165, 1.54) is 69.8 Å². The van der Waals surface area contributed by atoms with Gasteiger partial charge in [0.05, 0.1) is 0 Å². The highest BCUT2D eigenvalue weighted by molar-refractivity contribution is 5.47. The van der Waals surface area contributed by atoms with Gasteiger partial charge in [-0.1, -0.05) is 108 Å². The maximum absolute atomic E-state index is 10.7. The summed E-state index contributed by atoms with van der Waals surface area (Å²) in [7, 11) is 0. The number of phenols is 2. The van der Waals surface area contributed by atoms with Crippen molar-refractivity contribution in [2.24, 2.45) is 0 Å². The first-order valence-corrected chi connectivity index (χ1v) is 12.1. The maximum Gasteiger partial charge on any atom is 0.122 e. The molecule has 30 heavy (non-hydrogen) atoms. The Kier molecular flexibility index (Phi) is 10.8. The minimum absolute atomic E-state index is 0.169. The lowest BCUT2D eigenvalue weighted by molar-refractivity contribution is 0.455. The zero-order valence-corrected chi connectivity index (χ0v) is 19.4. The maximum atomic E-state index is 10.7. The Morgan fingerprint density at radius 1 is 0.700 bits per heavy atom. The summed E-state index contributed by atoms with van der Waals surface area (Å²) in [6.07, 6.45) is 15.7. The summed E-state index contributed by atoms with van der Waals surface area (Å²) in [6.45, 7) is 6.17. The molecule has 2 N–H and O–H groups in total. The summed E-state index contributed by atoms with van der Waals surface area (Å²) in [4.78, 5) is 0. The van der Waals surface area contributed by atoms with Crippen LogP contribution in [-0.2, 0) is 0 Å². The predicted octanol–water partition coefficient (Wildman–Crippen LogP) is 8.55. The zero-order valence-electron chi connectivity index (χ0n) is 19.4. The fourth-order valence-electron chi connectivity index (χ4n) is 4.37. The molecule has 0 aliphatic carbocycles. The highest BCUT2D eigenvalue weighted by atomic mass is 16.3. The van der Waals surface area contributed by atoms with Crippen molar-refractivity contribution >= 4 is 0 Å². The van der Waals surface area contributed by atoms with Gasteiger partial charge >= 0.3 is 0 Å². The van der Waals surface area contributed by atoms with Crippen LogP contribution in [0.1, 0.15) is 112 Å². The van der Waals surface area contributed by atoms with Gasteiger partial charge in [-0.15, -0.1) is 0 Å². The van der Waals surface area contributed by atoms with Crippen molar-refractivity contribution in [3.8, 4) is 11.5 Å². The fraction of sp³-hybridized carbons (Fsp3) is 0.571. The van der Waals surface area contributed by atoms with Gasteiger partial charge in [0.25, 0.3) is 0 Å². The molecule has 0 saturated heterocycles. The Bertz CT molecular complexity index is 750. The molecule has 0 amide bonds. The summed E-state index contributed by atoms with van der Waals surface area (Å²) >= 11 is 0. The van der Waals surface area contributed by atoms with E-state index < -0.39 is 0 Å². The second kappa shape index (κ2) is 13.4. The van der Waals surface area contributed by atoms with Gasteiger partial charge in [0.2, 0.25) is 0 Å². The Balaban J connectivity index is 1.86. The number of benzene rings is 2. The topological polar surface area (TPSA) is 40.5 Å². The van der Waals surface area contributed by atoms with Crippen LogP contribution in [0.5, 0.6) is 11.5 Å². The number of hydrogen-bond acceptors (Lipinski definition) is 2. The second-order valence-corrected chi connectivity index (χ2v) is 8.94. The lowest BCUT2D eigenvalue weighted by Crippen LogP contribution is -2.03. The van der Waals surface area contributed by atoms with Gasteiger partial charge in [0.15, 0.2) is 0 Å². The normalized spacial score (nSPS) is 12.2. The monoisotopic (exact) mass is 410 g/mol. The predicted molar refractivity (Wildman–Crippen MR) is 129 cm³/mol. The summed E-state index contributed by atoms with van der Waals surface area (Å²) in [5.74, 6) is 0.916. The molecule has 0 heterocycles. The molecule has 2 aromatic rings. The molecule has 2 nitrogen and oxygen atoms in total. The molecule has 0 aliphatic heterocycles. The van der Waals surface area contributed by atoms with Crippen LogP contribution in [0.4, 0.5) is 0 Å². The van der Waals surface area contributed by atoms with Gasteiger partial charge in [-0.25, -0.2) is 0 Å². The molecular weight excluding hydrogens is 368 g/mol. The third-order valence-corrected chi connectivity index (χ3v) is 6.36. The summed E-state index contributed by atoms with van der Waals surface area (Å²) in [5.41, 5.74) is 4.00. The smallest absolute Gasteiger partial charge is 0.122 e. The minimum atomic E-state index is 0.169. The zero-order chi connectivity index (χ0) is 21.8. The van der Waals surface area contributed by atoms with Crippen LogP contribution in [-0.4, -0.2) is 10.2 Å². The van der Waals surface area contributed by atoms with Crippen LogP contribution >= 0.6 is 0 Å². The number of aromatic hydroxyl groups is 2. The molecule has 0 radical (unpaired) electrons. The average Bonchev–Trinajstić information content (AvgIpc) is 2.74. The van der Waals surface area contributed by atoms with Crippen LogP contribution in [0.25, 0.3) is 0 Å². The minimum Gasteiger partial charge on any atom is -0.508 e. The van der Waals surface area contributed by atoms with Crippen molar-refractivity contribution in [3.05, 3.63) is 58.7 Å². The van der Waals surface area contributed by atoms with Gasteiger partial charge in [0, 0.05) is 11.5 Å². The highest BCUT2D eigenvalue weighted by Crippen LogP contribution is 2.38. The van der Waals surface area contributed by atoms with Crippen molar-refractivity contribution in [2.75, 3.05) is 0 Å². The van der Waals surface area contributed by atoms with E-state index in [2.05, 4.69) is 13.0 Å². The number of para-hydroxylation sites is 1. The van der Waals surface area contributed by atoms with Crippen molar-refractivity contribution in [1.82, 2.24) is 0 Å². The van der Waals surface area contributed by atoms with Crippen LogP contribution in [0.3, 0.4) is 0 Å². The third-order valence-electron chi connectivity index (χ3n) is 6.36. The van der Waals surface area contributed by atoms with E-state index in [0.717, 1.165) is 29.5 Å². The Morgan fingerprint density at radius 3 is 1.90 bits per heavy atom. The number of rotatable bonds is 14. The van der Waals surface area contributed by atoms with E-state index in [-0.39, 0.29) is 5.92 Å². The molecule has 0 spiro atoms. The first-order valence-electron chi connectivity index (χ1n) is 12.1. The summed E-state index contributed by atoms with van der Waals surface area (Å²) in [5, 5.41) is 20.6. The Labute approximate surface area is 184 Å². The van der Waals surface area contributed by atoms with Crippen LogP contribution in [0, 0.1) is 13.8 Å². The van der Waals surface area contributed by atoms with E-state index in [9.17, 15) is 10.2 Å². The van der Waals surface area contributed by atoms with Gasteiger partial charge in [-0.2, -0.15) is 0 Å². The number of unbranched alkanes of at least 4 members (excludes halogenated alkanes) is 10. The van der Waals surface area contributed by atoms with Crippen LogP contribution in [0.15, 0.2) is 36.4 Å². The molecule has 0 saturated carbocycles. The van der Waals surface area contributed by atoms with Crippen molar-refractivity contribution in [2.45, 2.75) is 104 Å². The van der Waals surface area contributed by atoms with Crippen molar-refractivity contribution in [3.63, 3.8) is 0 Å². The molecule has 1 atom stereocenters. The van der Waals surface area contributed by atoms with E-state index >= 15 is 0 Å². The SMILES string of the molecule is CCCCCCCCCCCCCC(c1ccc(O)c(C)c1)c1cccc(C)c1O. The van der Waals surface area contributed by atoms with E-state index in [1.54, 1.807) is 6.07 Å². The Hall–Kier alpha value is -1.96. The standard InChI is InChI=1S/C28H42O2/c1-4-5-6-7-8-9-10-11-12-13-14-17-25(24-19-20-27(29)23(3)21-24)26-18-15-16-22(2)28(26)30/h15-16,18-21,25,29-30H,4-14,17H2,1-3H3. The lowest BCUT2D eigenvalue weighted by atomic mass is 9.84. The van der Waals surface area contributed by atoms with Crippen molar-refractivity contribution < 1.29 is 10.2 Å². The largest absolute Gasteiger partial charge is 0.508 e. The molecule has 2 rings (SSSR count). The first kappa shape index (κ1) is 24.3. The summed E-state index contributed by atoms with van der Waals surface area (Å²) < 4.78 is 0. The lowest BCUT2D eigenvalue weighted by Gasteiger charge is -2.21. The van der Waals surface area contributed by atoms with E-state index in [4.69, 9.17) is 0 Å². The summed E-state index contributed by atoms with van der Waals surface area (Å²) in [6, 6.07) is 11.9. The quantitative estimate of drug-likeness (QED) is 0.306. The van der Waals surface area contributed by atoms with Crippen LogP contribution < -0.4 is 0 Å². The molecule has 0 aromatic heterocycles. The average molecular weight is 411 g/mol. The third kappa shape index (κ3) is 7.70. The second-order valence-electron chi connectivity index (χ2n) is 8.94. The van der Waals surface area contributed by atoms with Gasteiger partial charge < -0.3 is 10.2 Å². The molecule has 0 fully saturated rings. The molecular formula is C28H42O2. The number of phenolic OH excluding ortho intramolecular Hbond substituents is 2. The highest BCUT2D eigenvalue weighted by Gasteiger charge is 2.19. The van der Waals surface area contributed by atoms with Crippen molar-refractivity contribution in [1.29, 1.82) is 0 Å². The number of hydrogen-bond donors (Lipinski definition) is 2. The molecule has 1 unspecified atom stereocenters. The Morgan fingerprint density at radius 2 is 1.30 bits per heavy atom. The first-order chi connectivity index (χ1) is 14.5. The van der Waals surface area contributed by atoms with Gasteiger partial charge in [-0.05, 0) is 43.0 Å². The number of aryl methyl sites for hydroxylation is 2. The van der Waals surface area contributed by atoms with E-state index in [1.807, 2.05) is 38.1 Å². The molecule has 2 heteroatoms. The molecule has 166 valence electrons. The van der Waals surface area contributed by atoms with Gasteiger partial charge in [0.1, 0.15) is 11.5 Å². The molecule has 0 aliphatic rings. The molecule has 0 bridgehead atoms.